The first-order chi connectivity index (χ1) is 8.45. The lowest BCUT2D eigenvalue weighted by molar-refractivity contribution is -0.137. The molecule has 0 aliphatic carbocycles. The predicted molar refractivity (Wildman–Crippen MR) is 65.1 cm³/mol. The maximum atomic E-state index is 12.9. The number of hydrogen-bond donors (Lipinski definition) is 1. The number of carboxylic acid groups (broad SMARTS) is 1. The summed E-state index contributed by atoms with van der Waals surface area (Å²) in [5.41, 5.74) is 0.0566. The average molecular weight is 272 g/mol. The lowest BCUT2D eigenvalue weighted by Crippen LogP contribution is -2.35. The fraction of sp³-hybridized carbons (Fsp3) is 0.167. The van der Waals surface area contributed by atoms with Gasteiger partial charge in [0.25, 0.3) is 5.91 Å². The molecule has 0 aliphatic heterocycles. The first kappa shape index (κ1) is 14.2. The normalized spacial score (nSPS) is 9.89. The molecule has 6 heteroatoms. The Morgan fingerprint density at radius 3 is 2.67 bits per heavy atom. The van der Waals surface area contributed by atoms with Crippen molar-refractivity contribution >= 4 is 23.5 Å². The van der Waals surface area contributed by atoms with Gasteiger partial charge < -0.3 is 10.0 Å². The molecular weight excluding hydrogens is 261 g/mol. The highest BCUT2D eigenvalue weighted by atomic mass is 35.5. The average Bonchev–Trinajstić information content (AvgIpc) is 2.27. The van der Waals surface area contributed by atoms with E-state index < -0.39 is 24.2 Å². The standard InChI is InChI=1S/C12H11ClFNO3/c1-2-5-15(7-11(16)17)12(18)9-4-3-8(14)6-10(9)13/h2-4,6H,1,5,7H2,(H,16,17). The van der Waals surface area contributed by atoms with E-state index in [2.05, 4.69) is 6.58 Å². The monoisotopic (exact) mass is 271 g/mol. The zero-order valence-corrected chi connectivity index (χ0v) is 10.2. The molecule has 0 aliphatic rings. The van der Waals surface area contributed by atoms with Crippen molar-refractivity contribution in [3.8, 4) is 0 Å². The van der Waals surface area contributed by atoms with Crippen LogP contribution in [0.3, 0.4) is 0 Å². The van der Waals surface area contributed by atoms with Crippen LogP contribution in [0.15, 0.2) is 30.9 Å². The lowest BCUT2D eigenvalue weighted by atomic mass is 10.2. The van der Waals surface area contributed by atoms with Crippen molar-refractivity contribution in [2.75, 3.05) is 13.1 Å². The molecule has 0 saturated carbocycles. The van der Waals surface area contributed by atoms with E-state index in [1.54, 1.807) is 0 Å². The minimum Gasteiger partial charge on any atom is -0.480 e. The molecule has 0 aromatic heterocycles. The third kappa shape index (κ3) is 3.56. The summed E-state index contributed by atoms with van der Waals surface area (Å²) < 4.78 is 12.9. The Morgan fingerprint density at radius 2 is 2.17 bits per heavy atom. The number of aliphatic carboxylic acids is 1. The van der Waals surface area contributed by atoms with Crippen molar-refractivity contribution in [1.82, 2.24) is 4.90 Å². The first-order valence-electron chi connectivity index (χ1n) is 5.02. The third-order valence-corrected chi connectivity index (χ3v) is 2.44. The number of amides is 1. The number of benzene rings is 1. The van der Waals surface area contributed by atoms with Gasteiger partial charge in [-0.1, -0.05) is 17.7 Å². The van der Waals surface area contributed by atoms with Crippen LogP contribution in [-0.4, -0.2) is 35.0 Å². The SMILES string of the molecule is C=CCN(CC(=O)O)C(=O)c1ccc(F)cc1Cl. The summed E-state index contributed by atoms with van der Waals surface area (Å²) in [6.45, 7) is 3.04. The van der Waals surface area contributed by atoms with E-state index in [-0.39, 0.29) is 17.1 Å². The van der Waals surface area contributed by atoms with E-state index in [4.69, 9.17) is 16.7 Å². The van der Waals surface area contributed by atoms with Crippen molar-refractivity contribution in [2.45, 2.75) is 0 Å². The molecule has 96 valence electrons. The van der Waals surface area contributed by atoms with Crippen LogP contribution in [0.25, 0.3) is 0 Å². The molecule has 1 amide bonds. The smallest absolute Gasteiger partial charge is 0.323 e. The van der Waals surface area contributed by atoms with E-state index in [0.29, 0.717) is 0 Å². The first-order valence-corrected chi connectivity index (χ1v) is 5.40. The molecule has 0 heterocycles. The van der Waals surface area contributed by atoms with Gasteiger partial charge in [-0.15, -0.1) is 6.58 Å². The maximum absolute atomic E-state index is 12.9. The van der Waals surface area contributed by atoms with E-state index in [0.717, 1.165) is 17.0 Å². The summed E-state index contributed by atoms with van der Waals surface area (Å²) in [4.78, 5) is 23.7. The van der Waals surface area contributed by atoms with Gasteiger partial charge in [-0.05, 0) is 18.2 Å². The molecule has 18 heavy (non-hydrogen) atoms. The summed E-state index contributed by atoms with van der Waals surface area (Å²) in [6, 6.07) is 3.31. The highest BCUT2D eigenvalue weighted by Crippen LogP contribution is 2.19. The Bertz CT molecular complexity index is 490. The molecule has 0 bridgehead atoms. The van der Waals surface area contributed by atoms with Crippen molar-refractivity contribution in [1.29, 1.82) is 0 Å². The minimum atomic E-state index is -1.15. The maximum Gasteiger partial charge on any atom is 0.323 e. The van der Waals surface area contributed by atoms with Crippen molar-refractivity contribution in [3.63, 3.8) is 0 Å². The molecule has 0 saturated heterocycles. The van der Waals surface area contributed by atoms with Crippen LogP contribution in [0.2, 0.25) is 5.02 Å². The van der Waals surface area contributed by atoms with Crippen molar-refractivity contribution < 1.29 is 19.1 Å². The second kappa shape index (κ2) is 6.16. The zero-order valence-electron chi connectivity index (χ0n) is 9.40. The number of hydrogen-bond acceptors (Lipinski definition) is 2. The highest BCUT2D eigenvalue weighted by molar-refractivity contribution is 6.33. The van der Waals surface area contributed by atoms with E-state index in [1.165, 1.54) is 12.1 Å². The molecule has 0 fully saturated rings. The number of nitrogens with zero attached hydrogens (tertiary/aromatic N) is 1. The number of carboxylic acids is 1. The quantitative estimate of drug-likeness (QED) is 0.835. The van der Waals surface area contributed by atoms with Gasteiger partial charge in [0.05, 0.1) is 10.6 Å². The van der Waals surface area contributed by atoms with Crippen LogP contribution < -0.4 is 0 Å². The van der Waals surface area contributed by atoms with Gasteiger partial charge in [0.2, 0.25) is 0 Å². The molecular formula is C12H11ClFNO3. The van der Waals surface area contributed by atoms with Crippen LogP contribution in [0.5, 0.6) is 0 Å². The van der Waals surface area contributed by atoms with E-state index in [1.807, 2.05) is 0 Å². The Kier molecular flexibility index (Phi) is 4.85. The van der Waals surface area contributed by atoms with E-state index in [9.17, 15) is 14.0 Å². The zero-order chi connectivity index (χ0) is 13.7. The molecule has 0 spiro atoms. The second-order valence-corrected chi connectivity index (χ2v) is 3.90. The van der Waals surface area contributed by atoms with Crippen LogP contribution in [-0.2, 0) is 4.79 Å². The van der Waals surface area contributed by atoms with Crippen molar-refractivity contribution in [3.05, 3.63) is 47.3 Å². The number of rotatable bonds is 5. The Balaban J connectivity index is 3.01. The van der Waals surface area contributed by atoms with E-state index >= 15 is 0 Å². The Morgan fingerprint density at radius 1 is 1.50 bits per heavy atom. The highest BCUT2D eigenvalue weighted by Gasteiger charge is 2.19. The summed E-state index contributed by atoms with van der Waals surface area (Å²) in [6.07, 6.45) is 1.40. The van der Waals surface area contributed by atoms with Crippen LogP contribution in [0.4, 0.5) is 4.39 Å². The predicted octanol–water partition coefficient (Wildman–Crippen LogP) is 2.19. The Hall–Kier alpha value is -1.88. The van der Waals surface area contributed by atoms with Crippen molar-refractivity contribution in [2.24, 2.45) is 0 Å². The van der Waals surface area contributed by atoms with Crippen LogP contribution in [0.1, 0.15) is 10.4 Å². The van der Waals surface area contributed by atoms with Gasteiger partial charge in [0.15, 0.2) is 0 Å². The second-order valence-electron chi connectivity index (χ2n) is 3.49. The number of carbonyl (C=O) groups is 2. The molecule has 1 aromatic rings. The van der Waals surface area contributed by atoms with Crippen LogP contribution >= 0.6 is 11.6 Å². The largest absolute Gasteiger partial charge is 0.480 e. The van der Waals surface area contributed by atoms with Gasteiger partial charge >= 0.3 is 5.97 Å². The molecule has 0 radical (unpaired) electrons. The third-order valence-electron chi connectivity index (χ3n) is 2.12. The molecule has 1 N–H and O–H groups in total. The minimum absolute atomic E-state index is 0.0561. The summed E-state index contributed by atoms with van der Waals surface area (Å²) in [5.74, 6) is -2.30. The van der Waals surface area contributed by atoms with Gasteiger partial charge in [-0.3, -0.25) is 9.59 Å². The fourth-order valence-corrected chi connectivity index (χ4v) is 1.62. The van der Waals surface area contributed by atoms with Gasteiger partial charge in [-0.2, -0.15) is 0 Å². The van der Waals surface area contributed by atoms with Crippen LogP contribution in [0, 0.1) is 5.82 Å². The van der Waals surface area contributed by atoms with Gasteiger partial charge in [0.1, 0.15) is 12.4 Å². The van der Waals surface area contributed by atoms with Gasteiger partial charge in [-0.25, -0.2) is 4.39 Å². The molecule has 0 atom stereocenters. The summed E-state index contributed by atoms with van der Waals surface area (Å²) >= 11 is 5.74. The number of carbonyl (C=O) groups excluding carboxylic acids is 1. The Labute approximate surface area is 108 Å². The lowest BCUT2D eigenvalue weighted by Gasteiger charge is -2.19. The number of halogens is 2. The summed E-state index contributed by atoms with van der Waals surface area (Å²) in [7, 11) is 0. The van der Waals surface area contributed by atoms with Gasteiger partial charge in [0, 0.05) is 6.54 Å². The molecule has 1 rings (SSSR count). The fourth-order valence-electron chi connectivity index (χ4n) is 1.37. The molecule has 1 aromatic carbocycles. The topological polar surface area (TPSA) is 57.6 Å². The molecule has 4 nitrogen and oxygen atoms in total. The summed E-state index contributed by atoms with van der Waals surface area (Å²) in [5, 5.41) is 8.64. The molecule has 0 unspecified atom stereocenters.